The summed E-state index contributed by atoms with van der Waals surface area (Å²) in [6.45, 7) is 1.87. The molecule has 0 aromatic rings. The number of nitrogens with one attached hydrogen (secondary N) is 1. The average Bonchev–Trinajstić information content (AvgIpc) is 2.21. The Morgan fingerprint density at radius 1 is 1.53 bits per heavy atom. The minimum atomic E-state index is -1.02. The normalized spacial score (nSPS) is 18.9. The number of alkyl carbamates (subject to hydrolysis) is 1. The van der Waals surface area contributed by atoms with Crippen molar-refractivity contribution in [1.29, 1.82) is 0 Å². The standard InChI is InChI=1S/C11H19NO4S/c1-11(5-3-6-11)16-10(15)12-8(9(13)14)4-7-17-2/h8H,3-7H2,1-2H3,(H,12,15)(H,13,14)/t8-/m0/s1. The topological polar surface area (TPSA) is 75.6 Å². The van der Waals surface area contributed by atoms with E-state index >= 15 is 0 Å². The Hall–Kier alpha value is -0.910. The van der Waals surface area contributed by atoms with Gasteiger partial charge in [-0.25, -0.2) is 9.59 Å². The second-order valence-electron chi connectivity index (χ2n) is 4.51. The van der Waals surface area contributed by atoms with Crippen LogP contribution in [-0.2, 0) is 9.53 Å². The molecule has 1 rings (SSSR count). The molecule has 1 aliphatic rings. The molecule has 1 amide bonds. The Morgan fingerprint density at radius 3 is 2.59 bits per heavy atom. The summed E-state index contributed by atoms with van der Waals surface area (Å²) in [5.74, 6) is -0.330. The molecule has 1 saturated carbocycles. The van der Waals surface area contributed by atoms with E-state index in [0.717, 1.165) is 19.3 Å². The quantitative estimate of drug-likeness (QED) is 0.763. The highest BCUT2D eigenvalue weighted by Crippen LogP contribution is 2.34. The second kappa shape index (κ2) is 6.14. The van der Waals surface area contributed by atoms with E-state index in [9.17, 15) is 9.59 Å². The fourth-order valence-corrected chi connectivity index (χ4v) is 2.14. The van der Waals surface area contributed by atoms with Crippen LogP contribution in [-0.4, -0.2) is 40.8 Å². The maximum absolute atomic E-state index is 11.5. The zero-order valence-electron chi connectivity index (χ0n) is 10.2. The van der Waals surface area contributed by atoms with Crippen LogP contribution in [0.4, 0.5) is 4.79 Å². The number of rotatable bonds is 6. The van der Waals surface area contributed by atoms with E-state index in [0.29, 0.717) is 12.2 Å². The first-order valence-electron chi connectivity index (χ1n) is 5.68. The van der Waals surface area contributed by atoms with Gasteiger partial charge in [-0.05, 0) is 44.6 Å². The third-order valence-corrected chi connectivity index (χ3v) is 3.60. The van der Waals surface area contributed by atoms with Crippen LogP contribution < -0.4 is 5.32 Å². The third kappa shape index (κ3) is 4.46. The molecule has 0 aromatic carbocycles. The lowest BCUT2D eigenvalue weighted by Crippen LogP contribution is -2.47. The fourth-order valence-electron chi connectivity index (χ4n) is 1.67. The summed E-state index contributed by atoms with van der Waals surface area (Å²) in [4.78, 5) is 22.4. The van der Waals surface area contributed by atoms with Crippen LogP contribution in [0.15, 0.2) is 0 Å². The molecular weight excluding hydrogens is 242 g/mol. The molecule has 98 valence electrons. The fraction of sp³-hybridized carbons (Fsp3) is 0.818. The molecule has 1 fully saturated rings. The van der Waals surface area contributed by atoms with Crippen LogP contribution in [0.2, 0.25) is 0 Å². The number of ether oxygens (including phenoxy) is 1. The number of carboxylic acids is 1. The maximum atomic E-state index is 11.5. The zero-order chi connectivity index (χ0) is 12.9. The molecule has 0 aromatic heterocycles. The number of aliphatic carboxylic acids is 1. The lowest BCUT2D eigenvalue weighted by Gasteiger charge is -2.37. The molecule has 2 N–H and O–H groups in total. The lowest BCUT2D eigenvalue weighted by molar-refractivity contribution is -0.139. The minimum Gasteiger partial charge on any atom is -0.480 e. The van der Waals surface area contributed by atoms with Crippen LogP contribution in [0.3, 0.4) is 0 Å². The Balaban J connectivity index is 2.37. The monoisotopic (exact) mass is 261 g/mol. The van der Waals surface area contributed by atoms with Crippen LogP contribution >= 0.6 is 11.8 Å². The summed E-state index contributed by atoms with van der Waals surface area (Å²) in [5.41, 5.74) is -0.396. The van der Waals surface area contributed by atoms with Gasteiger partial charge in [-0.15, -0.1) is 0 Å². The Kier molecular flexibility index (Phi) is 5.11. The smallest absolute Gasteiger partial charge is 0.408 e. The Labute approximate surface area is 105 Å². The van der Waals surface area contributed by atoms with Crippen molar-refractivity contribution in [1.82, 2.24) is 5.32 Å². The molecule has 0 bridgehead atoms. The summed E-state index contributed by atoms with van der Waals surface area (Å²) in [6.07, 6.45) is 4.43. The van der Waals surface area contributed by atoms with E-state index in [4.69, 9.17) is 9.84 Å². The molecule has 6 heteroatoms. The predicted octanol–water partition coefficient (Wildman–Crippen LogP) is 1.86. The number of carbonyl (C=O) groups excluding carboxylic acids is 1. The first-order valence-corrected chi connectivity index (χ1v) is 7.07. The predicted molar refractivity (Wildman–Crippen MR) is 66.3 cm³/mol. The van der Waals surface area contributed by atoms with Crippen molar-refractivity contribution >= 4 is 23.8 Å². The van der Waals surface area contributed by atoms with Gasteiger partial charge in [-0.3, -0.25) is 0 Å². The van der Waals surface area contributed by atoms with E-state index < -0.39 is 23.7 Å². The second-order valence-corrected chi connectivity index (χ2v) is 5.50. The van der Waals surface area contributed by atoms with Gasteiger partial charge in [0.2, 0.25) is 0 Å². The molecule has 0 heterocycles. The van der Waals surface area contributed by atoms with Crippen molar-refractivity contribution in [3.63, 3.8) is 0 Å². The number of thioether (sulfide) groups is 1. The molecule has 0 spiro atoms. The number of carboxylic acid groups (broad SMARTS) is 1. The first-order chi connectivity index (χ1) is 7.97. The molecule has 0 aliphatic heterocycles. The molecule has 0 unspecified atom stereocenters. The van der Waals surface area contributed by atoms with Crippen molar-refractivity contribution in [2.45, 2.75) is 44.2 Å². The molecule has 5 nitrogen and oxygen atoms in total. The number of hydrogen-bond donors (Lipinski definition) is 2. The van der Waals surface area contributed by atoms with E-state index in [-0.39, 0.29) is 0 Å². The van der Waals surface area contributed by atoms with E-state index in [1.165, 1.54) is 0 Å². The van der Waals surface area contributed by atoms with Gasteiger partial charge in [0.25, 0.3) is 0 Å². The van der Waals surface area contributed by atoms with Crippen LogP contribution in [0, 0.1) is 0 Å². The van der Waals surface area contributed by atoms with Gasteiger partial charge >= 0.3 is 12.1 Å². The highest BCUT2D eigenvalue weighted by molar-refractivity contribution is 7.98. The summed E-state index contributed by atoms with van der Waals surface area (Å²) in [6, 6.07) is -0.862. The zero-order valence-corrected chi connectivity index (χ0v) is 11.0. The van der Waals surface area contributed by atoms with Gasteiger partial charge in [0.1, 0.15) is 11.6 Å². The van der Waals surface area contributed by atoms with Gasteiger partial charge < -0.3 is 15.2 Å². The van der Waals surface area contributed by atoms with Gasteiger partial charge in [0, 0.05) is 0 Å². The van der Waals surface area contributed by atoms with E-state index in [1.54, 1.807) is 11.8 Å². The molecular formula is C11H19NO4S. The van der Waals surface area contributed by atoms with Gasteiger partial charge in [0.05, 0.1) is 0 Å². The highest BCUT2D eigenvalue weighted by atomic mass is 32.2. The summed E-state index contributed by atoms with van der Waals surface area (Å²) < 4.78 is 5.21. The average molecular weight is 261 g/mol. The van der Waals surface area contributed by atoms with Crippen LogP contribution in [0.5, 0.6) is 0 Å². The van der Waals surface area contributed by atoms with E-state index in [1.807, 2.05) is 13.2 Å². The molecule has 0 saturated heterocycles. The Morgan fingerprint density at radius 2 is 2.18 bits per heavy atom. The molecule has 0 radical (unpaired) electrons. The minimum absolute atomic E-state index is 0.396. The van der Waals surface area contributed by atoms with Crippen molar-refractivity contribution < 1.29 is 19.4 Å². The lowest BCUT2D eigenvalue weighted by atomic mass is 9.82. The van der Waals surface area contributed by atoms with Crippen LogP contribution in [0.1, 0.15) is 32.6 Å². The first kappa shape index (κ1) is 14.2. The van der Waals surface area contributed by atoms with Crippen molar-refractivity contribution in [3.05, 3.63) is 0 Å². The van der Waals surface area contributed by atoms with Gasteiger partial charge in [-0.2, -0.15) is 11.8 Å². The number of hydrogen-bond acceptors (Lipinski definition) is 4. The molecule has 1 atom stereocenters. The number of amides is 1. The summed E-state index contributed by atoms with van der Waals surface area (Å²) >= 11 is 1.55. The molecule has 17 heavy (non-hydrogen) atoms. The summed E-state index contributed by atoms with van der Waals surface area (Å²) in [5, 5.41) is 11.3. The third-order valence-electron chi connectivity index (χ3n) is 2.95. The van der Waals surface area contributed by atoms with Crippen LogP contribution in [0.25, 0.3) is 0 Å². The highest BCUT2D eigenvalue weighted by Gasteiger charge is 2.36. The van der Waals surface area contributed by atoms with Gasteiger partial charge in [-0.1, -0.05) is 0 Å². The number of carbonyl (C=O) groups is 2. The largest absolute Gasteiger partial charge is 0.480 e. The SMILES string of the molecule is CSCC[C@H](NC(=O)OC1(C)CCC1)C(=O)O. The molecule has 1 aliphatic carbocycles. The van der Waals surface area contributed by atoms with Crippen molar-refractivity contribution in [2.75, 3.05) is 12.0 Å². The Bertz CT molecular complexity index is 291. The van der Waals surface area contributed by atoms with Gasteiger partial charge in [0.15, 0.2) is 0 Å². The summed E-state index contributed by atoms with van der Waals surface area (Å²) in [7, 11) is 0. The van der Waals surface area contributed by atoms with Crippen molar-refractivity contribution in [2.24, 2.45) is 0 Å². The van der Waals surface area contributed by atoms with E-state index in [2.05, 4.69) is 5.32 Å². The van der Waals surface area contributed by atoms with Crippen molar-refractivity contribution in [3.8, 4) is 0 Å². The maximum Gasteiger partial charge on any atom is 0.408 e.